The summed E-state index contributed by atoms with van der Waals surface area (Å²) in [5.41, 5.74) is -0.320. The summed E-state index contributed by atoms with van der Waals surface area (Å²) in [7, 11) is 0. The number of carboxylic acid groups (broad SMARTS) is 1. The summed E-state index contributed by atoms with van der Waals surface area (Å²) in [6.07, 6.45) is 2.43. The van der Waals surface area contributed by atoms with E-state index in [1.54, 1.807) is 0 Å². The van der Waals surface area contributed by atoms with Crippen LogP contribution in [-0.4, -0.2) is 28.1 Å². The second-order valence-electron chi connectivity index (χ2n) is 1.90. The fraction of sp³-hybridized carbons (Fsp3) is 0.167. The lowest BCUT2D eigenvalue weighted by atomic mass is 10.2. The zero-order valence-corrected chi connectivity index (χ0v) is 6.08. The molecule has 4 nitrogen and oxygen atoms in total. The fourth-order valence-corrected chi connectivity index (χ4v) is 0.856. The van der Waals surface area contributed by atoms with Gasteiger partial charge in [0.2, 0.25) is 0 Å². The van der Waals surface area contributed by atoms with E-state index in [2.05, 4.69) is 4.99 Å². The fourth-order valence-electron chi connectivity index (χ4n) is 0.641. The van der Waals surface area contributed by atoms with Crippen LogP contribution in [0.4, 0.5) is 0 Å². The van der Waals surface area contributed by atoms with Crippen LogP contribution in [0.25, 0.3) is 0 Å². The van der Waals surface area contributed by atoms with Crippen molar-refractivity contribution in [1.82, 2.24) is 0 Å². The predicted molar refractivity (Wildman–Crippen MR) is 38.9 cm³/mol. The van der Waals surface area contributed by atoms with Crippen molar-refractivity contribution in [3.05, 3.63) is 12.2 Å². The molecule has 0 aromatic heterocycles. The first-order chi connectivity index (χ1) is 5.11. The quantitative estimate of drug-likeness (QED) is 0.577. The largest absolute Gasteiger partial charge is 0.477 e. The third-order valence-corrected chi connectivity index (χ3v) is 1.47. The number of alkyl halides is 1. The van der Waals surface area contributed by atoms with E-state index in [1.165, 1.54) is 6.08 Å². The highest BCUT2D eigenvalue weighted by Gasteiger charge is 2.21. The summed E-state index contributed by atoms with van der Waals surface area (Å²) < 4.78 is 0. The zero-order chi connectivity index (χ0) is 8.43. The summed E-state index contributed by atoms with van der Waals surface area (Å²) in [6, 6.07) is 0. The van der Waals surface area contributed by atoms with Crippen LogP contribution >= 0.6 is 11.6 Å². The Kier molecular flexibility index (Phi) is 2.05. The average Bonchev–Trinajstić information content (AvgIpc) is 1.94. The highest BCUT2D eigenvalue weighted by atomic mass is 35.5. The number of carbonyl (C=O) groups is 2. The van der Waals surface area contributed by atoms with E-state index in [0.29, 0.717) is 0 Å². The molecule has 1 atom stereocenters. The van der Waals surface area contributed by atoms with Gasteiger partial charge in [0.25, 0.3) is 5.91 Å². The number of allylic oxidation sites excluding steroid dienone is 1. The van der Waals surface area contributed by atoms with Gasteiger partial charge in [-0.3, -0.25) is 4.79 Å². The molecule has 0 aromatic carbocycles. The van der Waals surface area contributed by atoms with Crippen molar-refractivity contribution < 1.29 is 14.7 Å². The van der Waals surface area contributed by atoms with Gasteiger partial charge in [-0.2, -0.15) is 0 Å². The molecule has 5 heteroatoms. The molecule has 11 heavy (non-hydrogen) atoms. The number of carboxylic acids is 1. The van der Waals surface area contributed by atoms with E-state index in [0.717, 1.165) is 6.08 Å². The minimum Gasteiger partial charge on any atom is -0.477 e. The molecule has 0 spiro atoms. The Morgan fingerprint density at radius 1 is 1.73 bits per heavy atom. The minimum absolute atomic E-state index is 0.320. The molecule has 1 aliphatic rings. The summed E-state index contributed by atoms with van der Waals surface area (Å²) in [4.78, 5) is 24.1. The first-order valence-corrected chi connectivity index (χ1v) is 3.23. The lowest BCUT2D eigenvalue weighted by Crippen LogP contribution is -2.26. The second-order valence-corrected chi connectivity index (χ2v) is 2.37. The summed E-state index contributed by atoms with van der Waals surface area (Å²) in [5.74, 6) is -1.85. The number of hydrogen-bond acceptors (Lipinski definition) is 2. The topological polar surface area (TPSA) is 66.7 Å². The highest BCUT2D eigenvalue weighted by molar-refractivity contribution is 6.51. The van der Waals surface area contributed by atoms with Crippen LogP contribution in [-0.2, 0) is 9.59 Å². The average molecular weight is 174 g/mol. The van der Waals surface area contributed by atoms with Gasteiger partial charge in [-0.25, -0.2) is 9.79 Å². The van der Waals surface area contributed by atoms with Gasteiger partial charge in [0.1, 0.15) is 5.38 Å². The van der Waals surface area contributed by atoms with Crippen LogP contribution in [0.5, 0.6) is 0 Å². The van der Waals surface area contributed by atoms with Crippen molar-refractivity contribution in [2.45, 2.75) is 5.38 Å². The third-order valence-electron chi connectivity index (χ3n) is 1.12. The number of hydrogen-bond donors (Lipinski definition) is 1. The summed E-state index contributed by atoms with van der Waals surface area (Å²) in [5, 5.41) is 7.62. The molecule has 1 rings (SSSR count). The van der Waals surface area contributed by atoms with Gasteiger partial charge in [-0.15, -0.1) is 11.6 Å². The second kappa shape index (κ2) is 2.84. The molecule has 0 aliphatic carbocycles. The molecule has 0 bridgehead atoms. The van der Waals surface area contributed by atoms with Gasteiger partial charge in [-0.05, 0) is 0 Å². The first kappa shape index (κ1) is 7.94. The minimum atomic E-state index is -1.26. The molecule has 1 aliphatic heterocycles. The number of nitrogens with zero attached hydrogens (tertiary/aromatic N) is 1. The molecule has 1 amide bonds. The van der Waals surface area contributed by atoms with Crippen molar-refractivity contribution in [2.24, 2.45) is 4.99 Å². The molecule has 1 heterocycles. The number of aliphatic carboxylic acids is 1. The number of halogens is 1. The van der Waals surface area contributed by atoms with E-state index in [4.69, 9.17) is 16.7 Å². The van der Waals surface area contributed by atoms with Gasteiger partial charge in [0.05, 0.1) is 0 Å². The smallest absolute Gasteiger partial charge is 0.352 e. The molecule has 0 saturated carbocycles. The maximum absolute atomic E-state index is 10.5. The van der Waals surface area contributed by atoms with Crippen LogP contribution < -0.4 is 0 Å². The monoisotopic (exact) mass is 173 g/mol. The molecular formula is C6H4ClNO3. The standard InChI is InChI=1S/C6H4ClNO3/c7-3-1-2-4(9)8-5(3)6(10)11/h1-3H,(H,10,11). The van der Waals surface area contributed by atoms with Crippen molar-refractivity contribution in [1.29, 1.82) is 0 Å². The normalized spacial score (nSPS) is 23.2. The maximum atomic E-state index is 10.5. The molecule has 1 unspecified atom stereocenters. The number of aliphatic imine (C=N–C) groups is 1. The molecular weight excluding hydrogens is 170 g/mol. The van der Waals surface area contributed by atoms with E-state index in [1.807, 2.05) is 0 Å². The summed E-state index contributed by atoms with van der Waals surface area (Å²) in [6.45, 7) is 0. The predicted octanol–water partition coefficient (Wildman–Crippen LogP) is 0.216. The molecule has 1 N–H and O–H groups in total. The van der Waals surface area contributed by atoms with Crippen LogP contribution in [0.15, 0.2) is 17.1 Å². The molecule has 0 radical (unpaired) electrons. The Balaban J connectivity index is 2.93. The van der Waals surface area contributed by atoms with E-state index in [9.17, 15) is 9.59 Å². The first-order valence-electron chi connectivity index (χ1n) is 2.79. The highest BCUT2D eigenvalue weighted by Crippen LogP contribution is 2.07. The van der Waals surface area contributed by atoms with Crippen molar-refractivity contribution in [2.75, 3.05) is 0 Å². The van der Waals surface area contributed by atoms with Crippen LogP contribution in [0.1, 0.15) is 0 Å². The van der Waals surface area contributed by atoms with E-state index >= 15 is 0 Å². The van der Waals surface area contributed by atoms with Gasteiger partial charge in [-0.1, -0.05) is 6.08 Å². The lowest BCUT2D eigenvalue weighted by Gasteiger charge is -2.06. The Hall–Kier alpha value is -1.16. The molecule has 58 valence electrons. The van der Waals surface area contributed by atoms with Gasteiger partial charge >= 0.3 is 5.97 Å². The third kappa shape index (κ3) is 1.65. The number of carbonyl (C=O) groups excluding carboxylic acids is 1. The Bertz CT molecular complexity index is 269. The maximum Gasteiger partial charge on any atom is 0.352 e. The lowest BCUT2D eigenvalue weighted by molar-refractivity contribution is -0.129. The van der Waals surface area contributed by atoms with Gasteiger partial charge < -0.3 is 5.11 Å². The van der Waals surface area contributed by atoms with Gasteiger partial charge in [0, 0.05) is 6.08 Å². The Morgan fingerprint density at radius 2 is 2.36 bits per heavy atom. The Labute approximate surface area is 67.2 Å². The van der Waals surface area contributed by atoms with E-state index < -0.39 is 17.3 Å². The van der Waals surface area contributed by atoms with Crippen molar-refractivity contribution in [3.8, 4) is 0 Å². The van der Waals surface area contributed by atoms with Crippen LogP contribution in [0, 0.1) is 0 Å². The van der Waals surface area contributed by atoms with Crippen molar-refractivity contribution in [3.63, 3.8) is 0 Å². The van der Waals surface area contributed by atoms with Gasteiger partial charge in [0.15, 0.2) is 5.71 Å². The number of amides is 1. The Morgan fingerprint density at radius 3 is 2.82 bits per heavy atom. The van der Waals surface area contributed by atoms with E-state index in [-0.39, 0.29) is 5.71 Å². The number of rotatable bonds is 1. The molecule has 0 saturated heterocycles. The summed E-state index contributed by atoms with van der Waals surface area (Å²) >= 11 is 5.49. The molecule has 0 aromatic rings. The molecule has 0 fully saturated rings. The van der Waals surface area contributed by atoms with Crippen LogP contribution in [0.3, 0.4) is 0 Å². The van der Waals surface area contributed by atoms with Crippen LogP contribution in [0.2, 0.25) is 0 Å². The van der Waals surface area contributed by atoms with Crippen molar-refractivity contribution >= 4 is 29.2 Å². The number of dihydropyridines is 1. The SMILES string of the molecule is O=C1C=CC(Cl)C(C(=O)O)=N1. The zero-order valence-electron chi connectivity index (χ0n) is 5.32.